The maximum absolute atomic E-state index is 13.7. The summed E-state index contributed by atoms with van der Waals surface area (Å²) in [5, 5.41) is 4.22. The van der Waals surface area contributed by atoms with Crippen molar-refractivity contribution in [3.8, 4) is 5.75 Å². The molecule has 0 atom stereocenters. The maximum Gasteiger partial charge on any atom is 0.188 e. The molecule has 102 valence electrons. The summed E-state index contributed by atoms with van der Waals surface area (Å²) >= 11 is 7.35. The van der Waals surface area contributed by atoms with Gasteiger partial charge in [0, 0.05) is 11.1 Å². The zero-order valence-corrected chi connectivity index (χ0v) is 12.1. The number of halogens is 2. The quantitative estimate of drug-likeness (QED) is 0.751. The van der Waals surface area contributed by atoms with E-state index < -0.39 is 0 Å². The number of ether oxygens (including phenoxy) is 1. The molecular weight excluding hydrogens is 299 g/mol. The lowest BCUT2D eigenvalue weighted by Crippen LogP contribution is -1.94. The Hall–Kier alpha value is -1.85. The van der Waals surface area contributed by atoms with Crippen LogP contribution in [0.1, 0.15) is 0 Å². The molecule has 0 saturated carbocycles. The van der Waals surface area contributed by atoms with Crippen molar-refractivity contribution in [3.63, 3.8) is 0 Å². The van der Waals surface area contributed by atoms with Gasteiger partial charge in [0.1, 0.15) is 11.6 Å². The number of benzene rings is 2. The first kappa shape index (κ1) is 13.1. The molecule has 0 aliphatic heterocycles. The highest BCUT2D eigenvalue weighted by atomic mass is 35.5. The minimum Gasteiger partial charge on any atom is -0.497 e. The second-order valence-electron chi connectivity index (χ2n) is 4.10. The van der Waals surface area contributed by atoms with Crippen molar-refractivity contribution in [3.05, 3.63) is 47.2 Å². The van der Waals surface area contributed by atoms with Gasteiger partial charge in [0.05, 0.1) is 23.0 Å². The second-order valence-corrected chi connectivity index (χ2v) is 5.57. The maximum atomic E-state index is 13.7. The largest absolute Gasteiger partial charge is 0.497 e. The highest BCUT2D eigenvalue weighted by Crippen LogP contribution is 2.31. The van der Waals surface area contributed by atoms with Gasteiger partial charge in [-0.15, -0.1) is 0 Å². The van der Waals surface area contributed by atoms with Crippen LogP contribution in [0.4, 0.5) is 15.2 Å². The topological polar surface area (TPSA) is 34.1 Å². The average Bonchev–Trinajstić information content (AvgIpc) is 2.82. The van der Waals surface area contributed by atoms with Crippen LogP contribution in [-0.2, 0) is 0 Å². The third-order valence-electron chi connectivity index (χ3n) is 2.77. The molecule has 6 heteroatoms. The van der Waals surface area contributed by atoms with E-state index in [1.807, 2.05) is 12.1 Å². The zero-order valence-electron chi connectivity index (χ0n) is 10.5. The molecule has 1 aromatic heterocycles. The van der Waals surface area contributed by atoms with Crippen molar-refractivity contribution in [2.75, 3.05) is 12.4 Å². The van der Waals surface area contributed by atoms with Crippen LogP contribution < -0.4 is 10.1 Å². The molecule has 3 rings (SSSR count). The standard InChI is InChI=1S/C14H10ClFN2OS/c1-19-9-3-4-10(16)12(7-9)18-14-17-11-5-2-8(15)6-13(11)20-14/h2-7H,1H3,(H,17,18). The molecule has 2 aromatic carbocycles. The van der Waals surface area contributed by atoms with Crippen molar-refractivity contribution >= 4 is 44.0 Å². The van der Waals surface area contributed by atoms with E-state index in [0.717, 1.165) is 10.2 Å². The lowest BCUT2D eigenvalue weighted by molar-refractivity contribution is 0.414. The summed E-state index contributed by atoms with van der Waals surface area (Å²) in [7, 11) is 1.54. The number of hydrogen-bond acceptors (Lipinski definition) is 4. The van der Waals surface area contributed by atoms with Gasteiger partial charge < -0.3 is 10.1 Å². The monoisotopic (exact) mass is 308 g/mol. The number of anilines is 2. The minimum absolute atomic E-state index is 0.328. The van der Waals surface area contributed by atoms with Crippen LogP contribution >= 0.6 is 22.9 Å². The molecule has 0 spiro atoms. The van der Waals surface area contributed by atoms with Crippen LogP contribution in [0.2, 0.25) is 5.02 Å². The summed E-state index contributed by atoms with van der Waals surface area (Å²) in [5.41, 5.74) is 1.15. The van der Waals surface area contributed by atoms with Crippen LogP contribution in [0.3, 0.4) is 0 Å². The van der Waals surface area contributed by atoms with Gasteiger partial charge in [-0.1, -0.05) is 22.9 Å². The van der Waals surface area contributed by atoms with Gasteiger partial charge in [-0.2, -0.15) is 0 Å². The molecule has 0 fully saturated rings. The van der Waals surface area contributed by atoms with E-state index >= 15 is 0 Å². The number of rotatable bonds is 3. The summed E-state index contributed by atoms with van der Waals surface area (Å²) in [6.45, 7) is 0. The van der Waals surface area contributed by atoms with Gasteiger partial charge in [0.15, 0.2) is 5.13 Å². The predicted molar refractivity (Wildman–Crippen MR) is 80.9 cm³/mol. The third kappa shape index (κ3) is 2.55. The van der Waals surface area contributed by atoms with Crippen LogP contribution in [0.15, 0.2) is 36.4 Å². The van der Waals surface area contributed by atoms with E-state index in [9.17, 15) is 4.39 Å². The number of aromatic nitrogens is 1. The van der Waals surface area contributed by atoms with Crippen molar-refractivity contribution in [1.82, 2.24) is 4.98 Å². The minimum atomic E-state index is -0.358. The van der Waals surface area contributed by atoms with Gasteiger partial charge in [-0.25, -0.2) is 9.37 Å². The molecule has 20 heavy (non-hydrogen) atoms. The molecule has 1 heterocycles. The van der Waals surface area contributed by atoms with Gasteiger partial charge in [-0.3, -0.25) is 0 Å². The summed E-state index contributed by atoms with van der Waals surface area (Å²) in [6, 6.07) is 9.96. The number of nitrogens with zero attached hydrogens (tertiary/aromatic N) is 1. The molecule has 3 nitrogen and oxygen atoms in total. The van der Waals surface area contributed by atoms with Crippen LogP contribution in [-0.4, -0.2) is 12.1 Å². The fraction of sp³-hybridized carbons (Fsp3) is 0.0714. The summed E-state index contributed by atoms with van der Waals surface area (Å²) in [6.07, 6.45) is 0. The zero-order chi connectivity index (χ0) is 14.1. The van der Waals surface area contributed by atoms with E-state index in [1.54, 1.807) is 18.2 Å². The third-order valence-corrected chi connectivity index (χ3v) is 3.93. The van der Waals surface area contributed by atoms with E-state index in [-0.39, 0.29) is 5.82 Å². The van der Waals surface area contributed by atoms with Crippen LogP contribution in [0, 0.1) is 5.82 Å². The Morgan fingerprint density at radius 3 is 2.90 bits per heavy atom. The Bertz CT molecular complexity index is 775. The first-order valence-corrected chi connectivity index (χ1v) is 7.02. The predicted octanol–water partition coefficient (Wildman–Crippen LogP) is 4.84. The molecule has 0 aliphatic carbocycles. The van der Waals surface area contributed by atoms with Crippen molar-refractivity contribution in [1.29, 1.82) is 0 Å². The number of hydrogen-bond donors (Lipinski definition) is 1. The van der Waals surface area contributed by atoms with Crippen LogP contribution in [0.25, 0.3) is 10.2 Å². The fourth-order valence-electron chi connectivity index (χ4n) is 1.79. The van der Waals surface area contributed by atoms with Crippen molar-refractivity contribution < 1.29 is 9.13 Å². The molecule has 0 aliphatic rings. The fourth-order valence-corrected chi connectivity index (χ4v) is 2.95. The summed E-state index contributed by atoms with van der Waals surface area (Å²) in [4.78, 5) is 4.39. The second kappa shape index (κ2) is 5.26. The number of methoxy groups -OCH3 is 1. The van der Waals surface area contributed by atoms with Gasteiger partial charge in [-0.05, 0) is 30.3 Å². The van der Waals surface area contributed by atoms with E-state index in [1.165, 1.54) is 24.5 Å². The highest BCUT2D eigenvalue weighted by Gasteiger charge is 2.08. The average molecular weight is 309 g/mol. The SMILES string of the molecule is COc1ccc(F)c(Nc2nc3ccc(Cl)cc3s2)c1. The Morgan fingerprint density at radius 2 is 2.10 bits per heavy atom. The number of thiazole rings is 1. The normalized spacial score (nSPS) is 10.8. The van der Waals surface area contributed by atoms with Gasteiger partial charge in [0.2, 0.25) is 0 Å². The molecule has 0 radical (unpaired) electrons. The smallest absolute Gasteiger partial charge is 0.188 e. The lowest BCUT2D eigenvalue weighted by Gasteiger charge is -2.06. The molecule has 1 N–H and O–H groups in total. The lowest BCUT2D eigenvalue weighted by atomic mass is 10.3. The Balaban J connectivity index is 1.96. The molecule has 3 aromatic rings. The summed E-state index contributed by atoms with van der Waals surface area (Å²) in [5.74, 6) is 0.223. The Labute approximate surface area is 124 Å². The first-order valence-electron chi connectivity index (χ1n) is 5.82. The van der Waals surface area contributed by atoms with E-state index in [4.69, 9.17) is 16.3 Å². The molecule has 0 bridgehead atoms. The Kier molecular flexibility index (Phi) is 3.46. The molecular formula is C14H10ClFN2OS. The van der Waals surface area contributed by atoms with Crippen molar-refractivity contribution in [2.45, 2.75) is 0 Å². The first-order chi connectivity index (χ1) is 9.65. The van der Waals surface area contributed by atoms with E-state index in [2.05, 4.69) is 10.3 Å². The van der Waals surface area contributed by atoms with Gasteiger partial charge >= 0.3 is 0 Å². The number of nitrogens with one attached hydrogen (secondary N) is 1. The molecule has 0 amide bonds. The highest BCUT2D eigenvalue weighted by molar-refractivity contribution is 7.22. The summed E-state index contributed by atoms with van der Waals surface area (Å²) < 4.78 is 19.8. The molecule has 0 unspecified atom stereocenters. The van der Waals surface area contributed by atoms with E-state index in [0.29, 0.717) is 21.6 Å². The van der Waals surface area contributed by atoms with Crippen molar-refractivity contribution in [2.24, 2.45) is 0 Å². The molecule has 0 saturated heterocycles. The van der Waals surface area contributed by atoms with Gasteiger partial charge in [0.25, 0.3) is 0 Å². The Morgan fingerprint density at radius 1 is 1.25 bits per heavy atom. The number of fused-ring (bicyclic) bond motifs is 1. The van der Waals surface area contributed by atoms with Crippen LogP contribution in [0.5, 0.6) is 5.75 Å².